The molecule has 0 radical (unpaired) electrons. The maximum atomic E-state index is 13.5. The van der Waals surface area contributed by atoms with Crippen molar-refractivity contribution in [3.63, 3.8) is 0 Å². The highest BCUT2D eigenvalue weighted by Gasteiger charge is 2.26. The predicted molar refractivity (Wildman–Crippen MR) is 108 cm³/mol. The molecular weight excluding hydrogens is 355 g/mol. The zero-order valence-corrected chi connectivity index (χ0v) is 16.5. The lowest BCUT2D eigenvalue weighted by Gasteiger charge is -2.38. The van der Waals surface area contributed by atoms with Crippen LogP contribution < -0.4 is 4.90 Å². The van der Waals surface area contributed by atoms with Crippen molar-refractivity contribution in [3.8, 4) is 11.4 Å². The molecule has 28 heavy (non-hydrogen) atoms. The van der Waals surface area contributed by atoms with E-state index in [4.69, 9.17) is 4.52 Å². The standard InChI is InChI=1S/C22H25FN4O/c1-15-5-4-6-19(13-15)27-11-9-26(10-12-27)17(3)22-24-21(25-28-22)18-7-8-20(23)16(2)14-18/h4-8,13-14,17H,9-12H2,1-3H3. The van der Waals surface area contributed by atoms with Gasteiger partial charge in [0.15, 0.2) is 0 Å². The van der Waals surface area contributed by atoms with Gasteiger partial charge in [-0.15, -0.1) is 0 Å². The first kappa shape index (κ1) is 18.6. The zero-order chi connectivity index (χ0) is 19.7. The summed E-state index contributed by atoms with van der Waals surface area (Å²) >= 11 is 0. The molecule has 0 bridgehead atoms. The van der Waals surface area contributed by atoms with Gasteiger partial charge >= 0.3 is 0 Å². The third-order valence-corrected chi connectivity index (χ3v) is 5.44. The fourth-order valence-corrected chi connectivity index (χ4v) is 3.65. The van der Waals surface area contributed by atoms with Gasteiger partial charge in [0.1, 0.15) is 5.82 Å². The quantitative estimate of drug-likeness (QED) is 0.672. The summed E-state index contributed by atoms with van der Waals surface area (Å²) in [6.07, 6.45) is 0. The molecule has 3 aromatic rings. The molecule has 0 N–H and O–H groups in total. The van der Waals surface area contributed by atoms with Crippen LogP contribution in [0.1, 0.15) is 30.0 Å². The van der Waals surface area contributed by atoms with Crippen molar-refractivity contribution in [2.24, 2.45) is 0 Å². The summed E-state index contributed by atoms with van der Waals surface area (Å²) in [5.74, 6) is 0.872. The van der Waals surface area contributed by atoms with Gasteiger partial charge in [0, 0.05) is 37.4 Å². The van der Waals surface area contributed by atoms with Gasteiger partial charge in [0.05, 0.1) is 6.04 Å². The van der Waals surface area contributed by atoms with Crippen LogP contribution >= 0.6 is 0 Å². The number of anilines is 1. The molecule has 0 aliphatic carbocycles. The van der Waals surface area contributed by atoms with Crippen molar-refractivity contribution in [1.29, 1.82) is 0 Å². The highest BCUT2D eigenvalue weighted by molar-refractivity contribution is 5.55. The molecule has 4 rings (SSSR count). The summed E-state index contributed by atoms with van der Waals surface area (Å²) in [5, 5.41) is 4.10. The number of halogens is 1. The second kappa shape index (κ2) is 7.72. The number of nitrogens with zero attached hydrogens (tertiary/aromatic N) is 4. The molecule has 5 nitrogen and oxygen atoms in total. The van der Waals surface area contributed by atoms with Crippen LogP contribution in [0.3, 0.4) is 0 Å². The van der Waals surface area contributed by atoms with Crippen molar-refractivity contribution >= 4 is 5.69 Å². The van der Waals surface area contributed by atoms with Gasteiger partial charge in [0.2, 0.25) is 11.7 Å². The van der Waals surface area contributed by atoms with Gasteiger partial charge in [0.25, 0.3) is 0 Å². The Kier molecular flexibility index (Phi) is 5.13. The van der Waals surface area contributed by atoms with Gasteiger partial charge < -0.3 is 9.42 Å². The van der Waals surface area contributed by atoms with Crippen LogP contribution in [0.25, 0.3) is 11.4 Å². The van der Waals surface area contributed by atoms with Crippen molar-refractivity contribution in [3.05, 3.63) is 65.3 Å². The van der Waals surface area contributed by atoms with E-state index in [1.165, 1.54) is 17.3 Å². The molecule has 1 aliphatic rings. The van der Waals surface area contributed by atoms with E-state index < -0.39 is 0 Å². The third-order valence-electron chi connectivity index (χ3n) is 5.44. The molecule has 146 valence electrons. The van der Waals surface area contributed by atoms with Crippen LogP contribution in [0.5, 0.6) is 0 Å². The molecule has 2 aromatic carbocycles. The van der Waals surface area contributed by atoms with Crippen LogP contribution in [-0.2, 0) is 0 Å². The summed E-state index contributed by atoms with van der Waals surface area (Å²) in [4.78, 5) is 9.33. The van der Waals surface area contributed by atoms with Crippen molar-refractivity contribution in [1.82, 2.24) is 15.0 Å². The van der Waals surface area contributed by atoms with Crippen LogP contribution in [0.4, 0.5) is 10.1 Å². The Labute approximate surface area is 164 Å². The Morgan fingerprint density at radius 1 is 1.04 bits per heavy atom. The van der Waals surface area contributed by atoms with Gasteiger partial charge in [-0.3, -0.25) is 4.90 Å². The molecule has 1 aliphatic heterocycles. The summed E-state index contributed by atoms with van der Waals surface area (Å²) in [6, 6.07) is 13.5. The topological polar surface area (TPSA) is 45.4 Å². The molecule has 1 atom stereocenters. The van der Waals surface area contributed by atoms with E-state index in [0.717, 1.165) is 31.7 Å². The van der Waals surface area contributed by atoms with Gasteiger partial charge in [-0.25, -0.2) is 4.39 Å². The Hall–Kier alpha value is -2.73. The van der Waals surface area contributed by atoms with E-state index in [2.05, 4.69) is 58.1 Å². The fraction of sp³-hybridized carbons (Fsp3) is 0.364. The minimum absolute atomic E-state index is 0.0439. The summed E-state index contributed by atoms with van der Waals surface area (Å²) in [5.41, 5.74) is 3.90. The van der Waals surface area contributed by atoms with Gasteiger partial charge in [-0.05, 0) is 62.2 Å². The zero-order valence-electron chi connectivity index (χ0n) is 16.5. The van der Waals surface area contributed by atoms with Crippen LogP contribution in [0, 0.1) is 19.7 Å². The fourth-order valence-electron chi connectivity index (χ4n) is 3.65. The van der Waals surface area contributed by atoms with Crippen LogP contribution in [0.2, 0.25) is 0 Å². The average Bonchev–Trinajstić information content (AvgIpc) is 3.20. The second-order valence-electron chi connectivity index (χ2n) is 7.46. The van der Waals surface area contributed by atoms with Crippen LogP contribution in [-0.4, -0.2) is 41.2 Å². The molecule has 0 amide bonds. The van der Waals surface area contributed by atoms with E-state index >= 15 is 0 Å². The summed E-state index contributed by atoms with van der Waals surface area (Å²) in [6.45, 7) is 9.74. The SMILES string of the molecule is Cc1cccc(N2CCN(C(C)c3nc(-c4ccc(F)c(C)c4)no3)CC2)c1. The minimum Gasteiger partial charge on any atom is -0.369 e. The molecule has 1 saturated heterocycles. The number of hydrogen-bond acceptors (Lipinski definition) is 5. The summed E-state index contributed by atoms with van der Waals surface area (Å²) < 4.78 is 19.0. The first-order valence-electron chi connectivity index (χ1n) is 9.67. The van der Waals surface area contributed by atoms with Crippen molar-refractivity contribution < 1.29 is 8.91 Å². The molecule has 1 unspecified atom stereocenters. The largest absolute Gasteiger partial charge is 0.369 e. The van der Waals surface area contributed by atoms with E-state index in [9.17, 15) is 4.39 Å². The lowest BCUT2D eigenvalue weighted by Crippen LogP contribution is -2.47. The Balaban J connectivity index is 1.42. The monoisotopic (exact) mass is 380 g/mol. The molecular formula is C22H25FN4O. The predicted octanol–water partition coefficient (Wildman–Crippen LogP) is 4.38. The molecule has 2 heterocycles. The minimum atomic E-state index is -0.229. The lowest BCUT2D eigenvalue weighted by atomic mass is 10.1. The molecule has 1 fully saturated rings. The van der Waals surface area contributed by atoms with Crippen LogP contribution in [0.15, 0.2) is 47.0 Å². The lowest BCUT2D eigenvalue weighted by molar-refractivity contribution is 0.164. The number of benzene rings is 2. The van der Waals surface area contributed by atoms with Crippen molar-refractivity contribution in [2.75, 3.05) is 31.1 Å². The first-order chi connectivity index (χ1) is 13.5. The van der Waals surface area contributed by atoms with E-state index in [-0.39, 0.29) is 11.9 Å². The third kappa shape index (κ3) is 3.78. The van der Waals surface area contributed by atoms with E-state index in [1.807, 2.05) is 0 Å². The van der Waals surface area contributed by atoms with E-state index in [0.29, 0.717) is 17.3 Å². The Morgan fingerprint density at radius 3 is 2.54 bits per heavy atom. The smallest absolute Gasteiger partial charge is 0.244 e. The molecule has 0 spiro atoms. The Bertz CT molecular complexity index is 963. The van der Waals surface area contributed by atoms with Gasteiger partial charge in [-0.1, -0.05) is 17.3 Å². The number of rotatable bonds is 4. The maximum Gasteiger partial charge on any atom is 0.244 e. The highest BCUT2D eigenvalue weighted by Crippen LogP contribution is 2.26. The molecule has 0 saturated carbocycles. The molecule has 1 aromatic heterocycles. The first-order valence-corrected chi connectivity index (χ1v) is 9.67. The number of piperazine rings is 1. The van der Waals surface area contributed by atoms with Crippen molar-refractivity contribution in [2.45, 2.75) is 26.8 Å². The number of aryl methyl sites for hydroxylation is 2. The normalized spacial score (nSPS) is 16.4. The number of aromatic nitrogens is 2. The second-order valence-corrected chi connectivity index (χ2v) is 7.46. The maximum absolute atomic E-state index is 13.5. The Morgan fingerprint density at radius 2 is 1.82 bits per heavy atom. The number of hydrogen-bond donors (Lipinski definition) is 0. The highest BCUT2D eigenvalue weighted by atomic mass is 19.1. The summed E-state index contributed by atoms with van der Waals surface area (Å²) in [7, 11) is 0. The molecule has 6 heteroatoms. The van der Waals surface area contributed by atoms with Gasteiger partial charge in [-0.2, -0.15) is 4.98 Å². The van der Waals surface area contributed by atoms with E-state index in [1.54, 1.807) is 19.1 Å². The average molecular weight is 380 g/mol.